The maximum atomic E-state index is 13.3. The standard InChI is InChI=1S/C16H14FNO3/c17-13-7-4-8-14(9-13)21-16(10-18(11-16)15(19)20)12-5-2-1-3-6-12/h1-9H,10-11H2,(H,19,20). The Bertz CT molecular complexity index is 654. The molecule has 0 aromatic heterocycles. The second kappa shape index (κ2) is 5.09. The van der Waals surface area contributed by atoms with Crippen LogP contribution in [0.4, 0.5) is 9.18 Å². The highest BCUT2D eigenvalue weighted by molar-refractivity contribution is 5.67. The van der Waals surface area contributed by atoms with Crippen molar-refractivity contribution in [1.82, 2.24) is 4.90 Å². The summed E-state index contributed by atoms with van der Waals surface area (Å²) in [5, 5.41) is 9.03. The van der Waals surface area contributed by atoms with Gasteiger partial charge in [-0.1, -0.05) is 36.4 Å². The van der Waals surface area contributed by atoms with Crippen molar-refractivity contribution in [2.75, 3.05) is 13.1 Å². The second-order valence-electron chi connectivity index (χ2n) is 5.06. The fraction of sp³-hybridized carbons (Fsp3) is 0.188. The molecule has 1 saturated heterocycles. The average molecular weight is 287 g/mol. The topological polar surface area (TPSA) is 49.8 Å². The van der Waals surface area contributed by atoms with Gasteiger partial charge in [-0.05, 0) is 17.7 Å². The number of nitrogens with zero attached hydrogens (tertiary/aromatic N) is 1. The van der Waals surface area contributed by atoms with Crippen LogP contribution in [-0.4, -0.2) is 29.2 Å². The molecular weight excluding hydrogens is 273 g/mol. The molecule has 1 aliphatic rings. The summed E-state index contributed by atoms with van der Waals surface area (Å²) < 4.78 is 19.2. The zero-order valence-corrected chi connectivity index (χ0v) is 11.2. The molecule has 0 radical (unpaired) electrons. The molecule has 4 nitrogen and oxygen atoms in total. The lowest BCUT2D eigenvalue weighted by molar-refractivity contribution is -0.0695. The summed E-state index contributed by atoms with van der Waals surface area (Å²) in [6.45, 7) is 0.450. The third-order valence-electron chi connectivity index (χ3n) is 3.57. The highest BCUT2D eigenvalue weighted by atomic mass is 19.1. The molecule has 5 heteroatoms. The maximum Gasteiger partial charge on any atom is 0.407 e. The van der Waals surface area contributed by atoms with E-state index in [9.17, 15) is 9.18 Å². The largest absolute Gasteiger partial charge is 0.479 e. The zero-order chi connectivity index (χ0) is 14.9. The molecule has 0 atom stereocenters. The molecule has 1 fully saturated rings. The number of hydrogen-bond donors (Lipinski definition) is 1. The molecule has 3 rings (SSSR count). The van der Waals surface area contributed by atoms with E-state index in [1.54, 1.807) is 12.1 Å². The number of hydrogen-bond acceptors (Lipinski definition) is 2. The van der Waals surface area contributed by atoms with Crippen LogP contribution in [0.5, 0.6) is 5.75 Å². The van der Waals surface area contributed by atoms with E-state index in [0.29, 0.717) is 5.75 Å². The molecule has 0 aliphatic carbocycles. The third-order valence-corrected chi connectivity index (χ3v) is 3.57. The normalized spacial score (nSPS) is 16.1. The maximum absolute atomic E-state index is 13.3. The highest BCUT2D eigenvalue weighted by Crippen LogP contribution is 2.37. The van der Waals surface area contributed by atoms with E-state index in [-0.39, 0.29) is 18.9 Å². The van der Waals surface area contributed by atoms with Gasteiger partial charge in [0, 0.05) is 6.07 Å². The van der Waals surface area contributed by atoms with Gasteiger partial charge >= 0.3 is 6.09 Å². The second-order valence-corrected chi connectivity index (χ2v) is 5.06. The predicted octanol–water partition coefficient (Wildman–Crippen LogP) is 3.09. The molecule has 0 spiro atoms. The van der Waals surface area contributed by atoms with Gasteiger partial charge in [0.25, 0.3) is 0 Å². The van der Waals surface area contributed by atoms with Crippen molar-refractivity contribution in [1.29, 1.82) is 0 Å². The molecule has 2 aromatic carbocycles. The van der Waals surface area contributed by atoms with Crippen molar-refractivity contribution in [2.24, 2.45) is 0 Å². The molecule has 1 N–H and O–H groups in total. The molecule has 0 unspecified atom stereocenters. The number of carbonyl (C=O) groups is 1. The first-order chi connectivity index (χ1) is 10.1. The van der Waals surface area contributed by atoms with Crippen molar-refractivity contribution in [3.05, 3.63) is 66.0 Å². The smallest absolute Gasteiger partial charge is 0.407 e. The molecule has 2 aromatic rings. The van der Waals surface area contributed by atoms with Gasteiger partial charge in [0.1, 0.15) is 11.6 Å². The average Bonchev–Trinajstić information content (AvgIpc) is 2.43. The van der Waals surface area contributed by atoms with Gasteiger partial charge in [-0.2, -0.15) is 0 Å². The summed E-state index contributed by atoms with van der Waals surface area (Å²) in [6, 6.07) is 15.3. The predicted molar refractivity (Wildman–Crippen MR) is 74.7 cm³/mol. The number of amides is 1. The number of likely N-dealkylation sites (tertiary alicyclic amines) is 1. The Balaban J connectivity index is 1.90. The van der Waals surface area contributed by atoms with Crippen molar-refractivity contribution in [3.8, 4) is 5.75 Å². The zero-order valence-electron chi connectivity index (χ0n) is 11.2. The lowest BCUT2D eigenvalue weighted by atomic mass is 9.86. The minimum absolute atomic E-state index is 0.225. The van der Waals surface area contributed by atoms with Crippen molar-refractivity contribution in [3.63, 3.8) is 0 Å². The molecular formula is C16H14FNO3. The molecule has 0 saturated carbocycles. The summed E-state index contributed by atoms with van der Waals surface area (Å²) in [5.74, 6) is 0.00835. The van der Waals surface area contributed by atoms with Crippen LogP contribution in [-0.2, 0) is 5.60 Å². The van der Waals surface area contributed by atoms with Gasteiger partial charge in [0.05, 0.1) is 13.1 Å². The van der Waals surface area contributed by atoms with E-state index in [2.05, 4.69) is 0 Å². The SMILES string of the molecule is O=C(O)N1CC(Oc2cccc(F)c2)(c2ccccc2)C1. The van der Waals surface area contributed by atoms with E-state index in [1.807, 2.05) is 30.3 Å². The fourth-order valence-corrected chi connectivity index (χ4v) is 2.51. The van der Waals surface area contributed by atoms with Crippen molar-refractivity contribution < 1.29 is 19.0 Å². The Morgan fingerprint density at radius 3 is 2.48 bits per heavy atom. The Labute approximate surface area is 121 Å². The Hall–Kier alpha value is -2.56. The van der Waals surface area contributed by atoms with Gasteiger partial charge in [0.2, 0.25) is 0 Å². The van der Waals surface area contributed by atoms with E-state index in [0.717, 1.165) is 5.56 Å². The Morgan fingerprint density at radius 2 is 1.86 bits per heavy atom. The molecule has 1 heterocycles. The highest BCUT2D eigenvalue weighted by Gasteiger charge is 2.49. The number of carboxylic acid groups (broad SMARTS) is 1. The first-order valence-corrected chi connectivity index (χ1v) is 6.57. The van der Waals surface area contributed by atoms with Crippen LogP contribution in [0.15, 0.2) is 54.6 Å². The molecule has 0 bridgehead atoms. The summed E-state index contributed by atoms with van der Waals surface area (Å²) in [7, 11) is 0. The van der Waals surface area contributed by atoms with Gasteiger partial charge in [0.15, 0.2) is 5.60 Å². The Morgan fingerprint density at radius 1 is 1.14 bits per heavy atom. The van der Waals surface area contributed by atoms with Gasteiger partial charge < -0.3 is 9.84 Å². The minimum Gasteiger partial charge on any atom is -0.479 e. The summed E-state index contributed by atoms with van der Waals surface area (Å²) in [4.78, 5) is 12.3. The lowest BCUT2D eigenvalue weighted by Gasteiger charge is -2.48. The molecule has 1 aliphatic heterocycles. The number of rotatable bonds is 3. The summed E-state index contributed by atoms with van der Waals surface area (Å²) in [5.41, 5.74) is 0.125. The van der Waals surface area contributed by atoms with Crippen molar-refractivity contribution in [2.45, 2.75) is 5.60 Å². The Kier molecular flexibility index (Phi) is 3.25. The fourth-order valence-electron chi connectivity index (χ4n) is 2.51. The molecule has 108 valence electrons. The van der Waals surface area contributed by atoms with Crippen LogP contribution in [0.1, 0.15) is 5.56 Å². The van der Waals surface area contributed by atoms with Gasteiger partial charge in [-0.15, -0.1) is 0 Å². The third kappa shape index (κ3) is 2.54. The van der Waals surface area contributed by atoms with Crippen LogP contribution in [0.2, 0.25) is 0 Å². The van der Waals surface area contributed by atoms with E-state index >= 15 is 0 Å². The van der Waals surface area contributed by atoms with Crippen molar-refractivity contribution >= 4 is 6.09 Å². The number of ether oxygens (including phenoxy) is 1. The first kappa shape index (κ1) is 13.4. The monoisotopic (exact) mass is 287 g/mol. The number of halogens is 1. The summed E-state index contributed by atoms with van der Waals surface area (Å²) in [6.07, 6.45) is -0.982. The summed E-state index contributed by atoms with van der Waals surface area (Å²) >= 11 is 0. The van der Waals surface area contributed by atoms with E-state index in [1.165, 1.54) is 17.0 Å². The lowest BCUT2D eigenvalue weighted by Crippen LogP contribution is -2.63. The van der Waals surface area contributed by atoms with Crippen LogP contribution < -0.4 is 4.74 Å². The van der Waals surface area contributed by atoms with Gasteiger partial charge in [-0.25, -0.2) is 9.18 Å². The quantitative estimate of drug-likeness (QED) is 0.943. The van der Waals surface area contributed by atoms with Crippen LogP contribution in [0.3, 0.4) is 0 Å². The van der Waals surface area contributed by atoms with E-state index < -0.39 is 11.7 Å². The molecule has 1 amide bonds. The molecule has 21 heavy (non-hydrogen) atoms. The first-order valence-electron chi connectivity index (χ1n) is 6.57. The minimum atomic E-state index is -0.982. The van der Waals surface area contributed by atoms with E-state index in [4.69, 9.17) is 9.84 Å². The number of benzene rings is 2. The van der Waals surface area contributed by atoms with Crippen LogP contribution >= 0.6 is 0 Å². The van der Waals surface area contributed by atoms with Crippen LogP contribution in [0.25, 0.3) is 0 Å². The van der Waals surface area contributed by atoms with Gasteiger partial charge in [-0.3, -0.25) is 4.90 Å². The van der Waals surface area contributed by atoms with Crippen LogP contribution in [0, 0.1) is 5.82 Å².